The smallest absolute Gasteiger partial charge is 0.331 e. The Morgan fingerprint density at radius 1 is 1.12 bits per heavy atom. The zero-order chi connectivity index (χ0) is 17.4. The fourth-order valence-electron chi connectivity index (χ4n) is 1.82. The Morgan fingerprint density at radius 3 is 2.58 bits per heavy atom. The standard InChI is InChI=1S/C18H17NO4S/c1-13(20)19-11-15-8-9-17(24-15)16(21)12-23-18(22)10-7-14-5-3-2-4-6-14/h2-10H,11-12H2,1H3,(H,19,20)/b10-7+. The number of Topliss-reactive ketones (excluding diaryl/α,β-unsaturated/α-hetero) is 1. The second-order valence-electron chi connectivity index (χ2n) is 4.95. The first-order valence-corrected chi connectivity index (χ1v) is 8.12. The van der Waals surface area contributed by atoms with E-state index in [-0.39, 0.29) is 18.3 Å². The first kappa shape index (κ1) is 17.6. The van der Waals surface area contributed by atoms with Crippen molar-refractivity contribution in [1.82, 2.24) is 5.32 Å². The highest BCUT2D eigenvalue weighted by molar-refractivity contribution is 7.14. The molecular formula is C18H17NO4S. The molecule has 1 aromatic heterocycles. The van der Waals surface area contributed by atoms with E-state index in [1.165, 1.54) is 24.3 Å². The van der Waals surface area contributed by atoms with Gasteiger partial charge in [-0.2, -0.15) is 0 Å². The molecule has 0 bridgehead atoms. The summed E-state index contributed by atoms with van der Waals surface area (Å²) >= 11 is 1.27. The van der Waals surface area contributed by atoms with E-state index in [1.54, 1.807) is 18.2 Å². The number of hydrogen-bond acceptors (Lipinski definition) is 5. The highest BCUT2D eigenvalue weighted by atomic mass is 32.1. The van der Waals surface area contributed by atoms with Gasteiger partial charge in [-0.1, -0.05) is 30.3 Å². The van der Waals surface area contributed by atoms with Crippen molar-refractivity contribution in [2.24, 2.45) is 0 Å². The van der Waals surface area contributed by atoms with Crippen molar-refractivity contribution in [3.05, 3.63) is 63.9 Å². The van der Waals surface area contributed by atoms with Crippen LogP contribution in [0.15, 0.2) is 48.5 Å². The van der Waals surface area contributed by atoms with Crippen LogP contribution in [0.5, 0.6) is 0 Å². The van der Waals surface area contributed by atoms with E-state index in [1.807, 2.05) is 30.3 Å². The summed E-state index contributed by atoms with van der Waals surface area (Å²) in [5.41, 5.74) is 0.877. The molecule has 0 radical (unpaired) electrons. The second kappa shape index (κ2) is 8.79. The summed E-state index contributed by atoms with van der Waals surface area (Å²) in [6.45, 7) is 1.51. The van der Waals surface area contributed by atoms with E-state index < -0.39 is 5.97 Å². The van der Waals surface area contributed by atoms with E-state index in [9.17, 15) is 14.4 Å². The van der Waals surface area contributed by atoms with Gasteiger partial charge in [0.2, 0.25) is 11.7 Å². The molecule has 0 spiro atoms. The summed E-state index contributed by atoms with van der Waals surface area (Å²) in [5, 5.41) is 2.66. The summed E-state index contributed by atoms with van der Waals surface area (Å²) in [6.07, 6.45) is 2.92. The van der Waals surface area contributed by atoms with Gasteiger partial charge in [-0.25, -0.2) is 4.79 Å². The maximum absolute atomic E-state index is 12.0. The Bertz CT molecular complexity index is 749. The van der Waals surface area contributed by atoms with E-state index in [4.69, 9.17) is 4.74 Å². The van der Waals surface area contributed by atoms with Crippen LogP contribution in [0, 0.1) is 0 Å². The zero-order valence-corrected chi connectivity index (χ0v) is 14.0. The fourth-order valence-corrected chi connectivity index (χ4v) is 2.69. The number of esters is 1. The average Bonchev–Trinajstić information content (AvgIpc) is 3.06. The molecule has 0 atom stereocenters. The van der Waals surface area contributed by atoms with E-state index in [0.29, 0.717) is 11.4 Å². The largest absolute Gasteiger partial charge is 0.454 e. The average molecular weight is 343 g/mol. The Labute approximate surface area is 144 Å². The highest BCUT2D eigenvalue weighted by Crippen LogP contribution is 2.17. The van der Waals surface area contributed by atoms with E-state index >= 15 is 0 Å². The van der Waals surface area contributed by atoms with Gasteiger partial charge in [0.15, 0.2) is 6.61 Å². The number of rotatable bonds is 7. The molecule has 0 aliphatic heterocycles. The number of amides is 1. The number of ketones is 1. The van der Waals surface area contributed by atoms with Gasteiger partial charge in [0, 0.05) is 17.9 Å². The minimum atomic E-state index is -0.567. The van der Waals surface area contributed by atoms with Gasteiger partial charge in [0.1, 0.15) is 0 Å². The molecule has 0 aliphatic carbocycles. The minimum absolute atomic E-state index is 0.129. The van der Waals surface area contributed by atoms with Crippen LogP contribution >= 0.6 is 11.3 Å². The topological polar surface area (TPSA) is 72.5 Å². The summed E-state index contributed by atoms with van der Waals surface area (Å²) in [4.78, 5) is 35.8. The molecule has 0 unspecified atom stereocenters. The molecule has 0 saturated carbocycles. The van der Waals surface area contributed by atoms with Crippen molar-refractivity contribution in [3.8, 4) is 0 Å². The van der Waals surface area contributed by atoms with Gasteiger partial charge in [-0.3, -0.25) is 9.59 Å². The van der Waals surface area contributed by atoms with Crippen LogP contribution in [0.3, 0.4) is 0 Å². The summed E-state index contributed by atoms with van der Waals surface area (Å²) in [5.74, 6) is -0.965. The molecule has 5 nitrogen and oxygen atoms in total. The number of ether oxygens (including phenoxy) is 1. The Hall–Kier alpha value is -2.73. The minimum Gasteiger partial charge on any atom is -0.454 e. The molecule has 6 heteroatoms. The van der Waals surface area contributed by atoms with Crippen LogP contribution in [-0.4, -0.2) is 24.3 Å². The van der Waals surface area contributed by atoms with Gasteiger partial charge in [0.25, 0.3) is 0 Å². The molecule has 1 N–H and O–H groups in total. The van der Waals surface area contributed by atoms with Gasteiger partial charge in [0.05, 0.1) is 11.4 Å². The van der Waals surface area contributed by atoms with Gasteiger partial charge in [-0.05, 0) is 23.8 Å². The molecule has 0 aliphatic rings. The lowest BCUT2D eigenvalue weighted by atomic mass is 10.2. The lowest BCUT2D eigenvalue weighted by Crippen LogP contribution is -2.18. The second-order valence-corrected chi connectivity index (χ2v) is 6.12. The number of carbonyl (C=O) groups is 3. The lowest BCUT2D eigenvalue weighted by molar-refractivity contribution is -0.136. The van der Waals surface area contributed by atoms with Crippen LogP contribution in [0.2, 0.25) is 0 Å². The molecule has 2 aromatic rings. The lowest BCUT2D eigenvalue weighted by Gasteiger charge is -2.00. The number of hydrogen-bond donors (Lipinski definition) is 1. The third-order valence-electron chi connectivity index (χ3n) is 3.00. The van der Waals surface area contributed by atoms with Crippen LogP contribution in [0.1, 0.15) is 27.0 Å². The Kier molecular flexibility index (Phi) is 6.45. The highest BCUT2D eigenvalue weighted by Gasteiger charge is 2.11. The van der Waals surface area contributed by atoms with Crippen molar-refractivity contribution < 1.29 is 19.1 Å². The van der Waals surface area contributed by atoms with Crippen molar-refractivity contribution in [3.63, 3.8) is 0 Å². The Balaban J connectivity index is 1.81. The zero-order valence-electron chi connectivity index (χ0n) is 13.2. The van der Waals surface area contributed by atoms with E-state index in [0.717, 1.165) is 10.4 Å². The molecule has 1 amide bonds. The van der Waals surface area contributed by atoms with Crippen LogP contribution in [0.4, 0.5) is 0 Å². The molecule has 0 fully saturated rings. The maximum Gasteiger partial charge on any atom is 0.331 e. The fraction of sp³-hybridized carbons (Fsp3) is 0.167. The third kappa shape index (κ3) is 5.81. The molecule has 2 rings (SSSR count). The molecule has 124 valence electrons. The van der Waals surface area contributed by atoms with Crippen LogP contribution in [-0.2, 0) is 20.9 Å². The Morgan fingerprint density at radius 2 is 1.88 bits per heavy atom. The molecule has 1 heterocycles. The normalized spacial score (nSPS) is 10.5. The number of benzene rings is 1. The number of thiophene rings is 1. The van der Waals surface area contributed by atoms with Gasteiger partial charge in [-0.15, -0.1) is 11.3 Å². The first-order valence-electron chi connectivity index (χ1n) is 7.31. The summed E-state index contributed by atoms with van der Waals surface area (Å²) in [6, 6.07) is 12.8. The van der Waals surface area contributed by atoms with Crippen LogP contribution in [0.25, 0.3) is 6.08 Å². The molecule has 0 saturated heterocycles. The van der Waals surface area contributed by atoms with E-state index in [2.05, 4.69) is 5.32 Å². The molecular weight excluding hydrogens is 326 g/mol. The van der Waals surface area contributed by atoms with Crippen LogP contribution < -0.4 is 5.32 Å². The SMILES string of the molecule is CC(=O)NCc1ccc(C(=O)COC(=O)/C=C/c2ccccc2)s1. The van der Waals surface area contributed by atoms with Crippen molar-refractivity contribution in [2.75, 3.05) is 6.61 Å². The molecule has 1 aromatic carbocycles. The van der Waals surface area contributed by atoms with Crippen molar-refractivity contribution in [2.45, 2.75) is 13.5 Å². The number of nitrogens with one attached hydrogen (secondary N) is 1. The van der Waals surface area contributed by atoms with Gasteiger partial charge < -0.3 is 10.1 Å². The summed E-state index contributed by atoms with van der Waals surface area (Å²) < 4.78 is 4.95. The third-order valence-corrected chi connectivity index (χ3v) is 4.13. The summed E-state index contributed by atoms with van der Waals surface area (Å²) in [7, 11) is 0. The van der Waals surface area contributed by atoms with Crippen molar-refractivity contribution in [1.29, 1.82) is 0 Å². The van der Waals surface area contributed by atoms with Gasteiger partial charge >= 0.3 is 5.97 Å². The number of carbonyl (C=O) groups excluding carboxylic acids is 3. The van der Waals surface area contributed by atoms with Crippen molar-refractivity contribution >= 4 is 35.1 Å². The maximum atomic E-state index is 12.0. The monoisotopic (exact) mass is 343 g/mol. The predicted molar refractivity (Wildman–Crippen MR) is 92.6 cm³/mol. The molecule has 24 heavy (non-hydrogen) atoms. The predicted octanol–water partition coefficient (Wildman–Crippen LogP) is 2.82. The quantitative estimate of drug-likeness (QED) is 0.477. The first-order chi connectivity index (χ1) is 11.5.